The molecule has 0 fully saturated rings. The predicted molar refractivity (Wildman–Crippen MR) is 127 cm³/mol. The van der Waals surface area contributed by atoms with Crippen molar-refractivity contribution in [2.24, 2.45) is 0 Å². The van der Waals surface area contributed by atoms with Crippen molar-refractivity contribution in [3.05, 3.63) is 103 Å². The molecule has 3 aromatic rings. The number of aryl methyl sites for hydroxylation is 1. The molecule has 0 aromatic heterocycles. The Morgan fingerprint density at radius 3 is 2.50 bits per heavy atom. The van der Waals surface area contributed by atoms with Gasteiger partial charge in [-0.25, -0.2) is 0 Å². The van der Waals surface area contributed by atoms with Crippen LogP contribution in [-0.4, -0.2) is 5.91 Å². The SMILES string of the molecule is Cc1ccc(NC(=O)/C(C#N)=C/c2ccc(Cc3ccccc3Cl)c(Br)c2)cc1Cl. The number of carbonyl (C=O) groups excluding carboxylic acids is 1. The summed E-state index contributed by atoms with van der Waals surface area (Å²) in [5.41, 5.74) is 4.26. The fourth-order valence-corrected chi connectivity index (χ4v) is 3.75. The molecule has 3 nitrogen and oxygen atoms in total. The third-order valence-electron chi connectivity index (χ3n) is 4.52. The first kappa shape index (κ1) is 22.1. The number of amides is 1. The van der Waals surface area contributed by atoms with Gasteiger partial charge in [-0.15, -0.1) is 0 Å². The summed E-state index contributed by atoms with van der Waals surface area (Å²) in [5, 5.41) is 13.4. The van der Waals surface area contributed by atoms with E-state index in [0.29, 0.717) is 22.2 Å². The molecule has 3 rings (SSSR count). The van der Waals surface area contributed by atoms with E-state index < -0.39 is 5.91 Å². The van der Waals surface area contributed by atoms with Crippen molar-refractivity contribution in [3.63, 3.8) is 0 Å². The maximum absolute atomic E-state index is 12.5. The van der Waals surface area contributed by atoms with Crippen LogP contribution in [0, 0.1) is 18.3 Å². The molecule has 0 bridgehead atoms. The van der Waals surface area contributed by atoms with Crippen LogP contribution in [0.25, 0.3) is 6.08 Å². The lowest BCUT2D eigenvalue weighted by Gasteiger charge is -2.08. The topological polar surface area (TPSA) is 52.9 Å². The highest BCUT2D eigenvalue weighted by Crippen LogP contribution is 2.26. The summed E-state index contributed by atoms with van der Waals surface area (Å²) in [7, 11) is 0. The van der Waals surface area contributed by atoms with E-state index in [1.807, 2.05) is 61.5 Å². The fraction of sp³-hybridized carbons (Fsp3) is 0.0833. The second kappa shape index (κ2) is 9.95. The summed E-state index contributed by atoms with van der Waals surface area (Å²) >= 11 is 15.9. The molecule has 0 aliphatic carbocycles. The summed E-state index contributed by atoms with van der Waals surface area (Å²) in [6.07, 6.45) is 2.22. The Morgan fingerprint density at radius 2 is 1.83 bits per heavy atom. The van der Waals surface area contributed by atoms with Crippen LogP contribution in [0.1, 0.15) is 22.3 Å². The summed E-state index contributed by atoms with van der Waals surface area (Å²) in [6, 6.07) is 20.6. The summed E-state index contributed by atoms with van der Waals surface area (Å²) in [5.74, 6) is -0.492. The number of anilines is 1. The Labute approximate surface area is 194 Å². The maximum atomic E-state index is 12.5. The monoisotopic (exact) mass is 498 g/mol. The van der Waals surface area contributed by atoms with Gasteiger partial charge in [-0.2, -0.15) is 5.26 Å². The molecule has 3 aromatic carbocycles. The van der Waals surface area contributed by atoms with E-state index in [-0.39, 0.29) is 5.57 Å². The predicted octanol–water partition coefficient (Wildman–Crippen LogP) is 7.20. The molecule has 0 aliphatic rings. The van der Waals surface area contributed by atoms with Crippen molar-refractivity contribution in [3.8, 4) is 6.07 Å². The van der Waals surface area contributed by atoms with Crippen LogP contribution in [0.3, 0.4) is 0 Å². The lowest BCUT2D eigenvalue weighted by atomic mass is 10.0. The van der Waals surface area contributed by atoms with Gasteiger partial charge < -0.3 is 5.32 Å². The van der Waals surface area contributed by atoms with Crippen LogP contribution in [0.2, 0.25) is 10.0 Å². The first-order chi connectivity index (χ1) is 14.4. The van der Waals surface area contributed by atoms with Gasteiger partial charge in [0.15, 0.2) is 0 Å². The Balaban J connectivity index is 1.79. The zero-order valence-electron chi connectivity index (χ0n) is 16.0. The van der Waals surface area contributed by atoms with Crippen molar-refractivity contribution < 1.29 is 4.79 Å². The van der Waals surface area contributed by atoms with Crippen LogP contribution < -0.4 is 5.32 Å². The molecule has 0 saturated heterocycles. The molecule has 0 saturated carbocycles. The van der Waals surface area contributed by atoms with Crippen LogP contribution in [-0.2, 0) is 11.2 Å². The number of halogens is 3. The lowest BCUT2D eigenvalue weighted by Crippen LogP contribution is -2.13. The Kier molecular flexibility index (Phi) is 7.33. The number of carbonyl (C=O) groups is 1. The molecule has 0 atom stereocenters. The maximum Gasteiger partial charge on any atom is 0.266 e. The Bertz CT molecular complexity index is 1180. The molecule has 150 valence electrons. The van der Waals surface area contributed by atoms with Crippen molar-refractivity contribution in [2.45, 2.75) is 13.3 Å². The third-order valence-corrected chi connectivity index (χ3v) is 6.04. The fourth-order valence-electron chi connectivity index (χ4n) is 2.83. The van der Waals surface area contributed by atoms with E-state index in [0.717, 1.165) is 26.7 Å². The van der Waals surface area contributed by atoms with Crippen LogP contribution in [0.4, 0.5) is 5.69 Å². The Hall–Kier alpha value is -2.58. The van der Waals surface area contributed by atoms with Gasteiger partial charge in [0.25, 0.3) is 5.91 Å². The zero-order valence-corrected chi connectivity index (χ0v) is 19.1. The summed E-state index contributed by atoms with van der Waals surface area (Å²) < 4.78 is 0.874. The highest BCUT2D eigenvalue weighted by atomic mass is 79.9. The molecule has 0 heterocycles. The molecule has 0 radical (unpaired) electrons. The zero-order chi connectivity index (χ0) is 21.7. The molecule has 6 heteroatoms. The number of nitrogens with one attached hydrogen (secondary N) is 1. The van der Waals surface area contributed by atoms with Gasteiger partial charge >= 0.3 is 0 Å². The van der Waals surface area contributed by atoms with E-state index >= 15 is 0 Å². The van der Waals surface area contributed by atoms with Crippen molar-refractivity contribution in [1.29, 1.82) is 5.26 Å². The number of nitriles is 1. The summed E-state index contributed by atoms with van der Waals surface area (Å²) in [4.78, 5) is 12.5. The largest absolute Gasteiger partial charge is 0.321 e. The number of benzene rings is 3. The minimum Gasteiger partial charge on any atom is -0.321 e. The van der Waals surface area contributed by atoms with Gasteiger partial charge in [0.05, 0.1) is 0 Å². The first-order valence-corrected chi connectivity index (χ1v) is 10.6. The number of hydrogen-bond acceptors (Lipinski definition) is 2. The smallest absolute Gasteiger partial charge is 0.266 e. The van der Waals surface area contributed by atoms with E-state index in [1.165, 1.54) is 0 Å². The number of nitrogens with zero attached hydrogens (tertiary/aromatic N) is 1. The molecule has 30 heavy (non-hydrogen) atoms. The minimum atomic E-state index is -0.492. The molecular formula is C24H17BrCl2N2O. The van der Waals surface area contributed by atoms with E-state index in [1.54, 1.807) is 18.2 Å². The summed E-state index contributed by atoms with van der Waals surface area (Å²) in [6.45, 7) is 1.88. The Morgan fingerprint density at radius 1 is 1.07 bits per heavy atom. The van der Waals surface area contributed by atoms with Crippen LogP contribution in [0.15, 0.2) is 70.7 Å². The second-order valence-corrected chi connectivity index (χ2v) is 8.38. The minimum absolute atomic E-state index is 0.00236. The highest BCUT2D eigenvalue weighted by Gasteiger charge is 2.11. The molecule has 0 unspecified atom stereocenters. The number of rotatable bonds is 5. The quantitative estimate of drug-likeness (QED) is 0.298. The second-order valence-electron chi connectivity index (χ2n) is 6.71. The molecule has 0 spiro atoms. The molecule has 1 N–H and O–H groups in total. The van der Waals surface area contributed by atoms with Gasteiger partial charge in [-0.05, 0) is 59.5 Å². The standard InChI is InChI=1S/C24H17BrCl2N2O/c1-15-6-9-20(13-23(15)27)29-24(30)19(14-28)10-16-7-8-17(21(25)11-16)12-18-4-2-3-5-22(18)26/h2-11,13H,12H2,1H3,(H,29,30)/b19-10+. The van der Waals surface area contributed by atoms with Crippen molar-refractivity contribution in [1.82, 2.24) is 0 Å². The first-order valence-electron chi connectivity index (χ1n) is 9.08. The molecule has 1 amide bonds. The van der Waals surface area contributed by atoms with E-state index in [4.69, 9.17) is 23.2 Å². The molecular weight excluding hydrogens is 483 g/mol. The molecule has 0 aliphatic heterocycles. The van der Waals surface area contributed by atoms with Gasteiger partial charge in [0.2, 0.25) is 0 Å². The van der Waals surface area contributed by atoms with Crippen molar-refractivity contribution in [2.75, 3.05) is 5.32 Å². The number of hydrogen-bond donors (Lipinski definition) is 1. The van der Waals surface area contributed by atoms with Crippen LogP contribution >= 0.6 is 39.1 Å². The van der Waals surface area contributed by atoms with Crippen LogP contribution in [0.5, 0.6) is 0 Å². The lowest BCUT2D eigenvalue weighted by molar-refractivity contribution is -0.112. The average Bonchev–Trinajstić information content (AvgIpc) is 2.72. The van der Waals surface area contributed by atoms with Gasteiger partial charge in [0.1, 0.15) is 11.6 Å². The average molecular weight is 500 g/mol. The van der Waals surface area contributed by atoms with Gasteiger partial charge in [0, 0.05) is 26.6 Å². The van der Waals surface area contributed by atoms with Crippen molar-refractivity contribution >= 4 is 56.8 Å². The van der Waals surface area contributed by atoms with E-state index in [2.05, 4.69) is 21.2 Å². The van der Waals surface area contributed by atoms with E-state index in [9.17, 15) is 10.1 Å². The third kappa shape index (κ3) is 5.52. The highest BCUT2D eigenvalue weighted by molar-refractivity contribution is 9.10. The van der Waals surface area contributed by atoms with Gasteiger partial charge in [-0.3, -0.25) is 4.79 Å². The normalized spacial score (nSPS) is 11.1. The van der Waals surface area contributed by atoms with Gasteiger partial charge in [-0.1, -0.05) is 75.5 Å².